The number of esters is 1. The third-order valence-electron chi connectivity index (χ3n) is 1.58. The molecule has 0 fully saturated rings. The van der Waals surface area contributed by atoms with E-state index < -0.39 is 0 Å². The van der Waals surface area contributed by atoms with Gasteiger partial charge in [0.05, 0.1) is 12.2 Å². The minimum absolute atomic E-state index is 0.356. The van der Waals surface area contributed by atoms with Crippen LogP contribution in [0.15, 0.2) is 22.7 Å². The summed E-state index contributed by atoms with van der Waals surface area (Å²) >= 11 is 3.27. The van der Waals surface area contributed by atoms with E-state index in [2.05, 4.69) is 21.9 Å². The van der Waals surface area contributed by atoms with E-state index in [1.54, 1.807) is 25.1 Å². The Morgan fingerprint density at radius 3 is 2.86 bits per heavy atom. The van der Waals surface area contributed by atoms with Gasteiger partial charge in [0.1, 0.15) is 0 Å². The molecule has 1 aromatic carbocycles. The highest BCUT2D eigenvalue weighted by atomic mass is 79.9. The Hall–Kier alpha value is -1.27. The van der Waals surface area contributed by atoms with Crippen molar-refractivity contribution in [3.63, 3.8) is 0 Å². The Kier molecular flexibility index (Phi) is 3.73. The standard InChI is InChI=1S/C11H9BrO2/c1-3-8-5-9(7-10(12)6-8)11(13)14-4-2/h1,5-7H,4H2,2H3. The third-order valence-corrected chi connectivity index (χ3v) is 2.03. The number of hydrogen-bond acceptors (Lipinski definition) is 2. The minimum atomic E-state index is -0.356. The molecular weight excluding hydrogens is 244 g/mol. The maximum Gasteiger partial charge on any atom is 0.338 e. The second kappa shape index (κ2) is 4.83. The van der Waals surface area contributed by atoms with Crippen LogP contribution in [0.4, 0.5) is 0 Å². The summed E-state index contributed by atoms with van der Waals surface area (Å²) in [4.78, 5) is 11.4. The van der Waals surface area contributed by atoms with Crippen LogP contribution in [-0.4, -0.2) is 12.6 Å². The van der Waals surface area contributed by atoms with E-state index in [1.807, 2.05) is 0 Å². The van der Waals surface area contributed by atoms with Gasteiger partial charge in [0.25, 0.3) is 0 Å². The SMILES string of the molecule is C#Cc1cc(Br)cc(C(=O)OCC)c1. The molecule has 72 valence electrons. The van der Waals surface area contributed by atoms with Crippen LogP contribution in [0.2, 0.25) is 0 Å². The van der Waals surface area contributed by atoms with Gasteiger partial charge < -0.3 is 4.74 Å². The molecule has 0 aliphatic heterocycles. The smallest absolute Gasteiger partial charge is 0.338 e. The van der Waals surface area contributed by atoms with E-state index in [0.29, 0.717) is 17.7 Å². The molecule has 0 bridgehead atoms. The zero-order chi connectivity index (χ0) is 10.6. The maximum atomic E-state index is 11.4. The van der Waals surface area contributed by atoms with Gasteiger partial charge in [-0.05, 0) is 25.1 Å². The summed E-state index contributed by atoms with van der Waals surface area (Å²) in [6.07, 6.45) is 5.24. The zero-order valence-corrected chi connectivity index (χ0v) is 9.30. The lowest BCUT2D eigenvalue weighted by atomic mass is 10.1. The third kappa shape index (κ3) is 2.61. The normalized spacial score (nSPS) is 9.21. The van der Waals surface area contributed by atoms with Crippen molar-refractivity contribution in [3.05, 3.63) is 33.8 Å². The van der Waals surface area contributed by atoms with Gasteiger partial charge >= 0.3 is 5.97 Å². The number of terminal acetylenes is 1. The van der Waals surface area contributed by atoms with E-state index in [4.69, 9.17) is 11.2 Å². The summed E-state index contributed by atoms with van der Waals surface area (Å²) in [6.45, 7) is 2.12. The van der Waals surface area contributed by atoms with Crippen molar-refractivity contribution in [1.82, 2.24) is 0 Å². The van der Waals surface area contributed by atoms with Crippen LogP contribution in [0.3, 0.4) is 0 Å². The largest absolute Gasteiger partial charge is 0.462 e. The molecule has 0 saturated heterocycles. The molecule has 2 nitrogen and oxygen atoms in total. The number of benzene rings is 1. The molecule has 0 amide bonds. The molecule has 0 aromatic heterocycles. The van der Waals surface area contributed by atoms with Crippen molar-refractivity contribution in [3.8, 4) is 12.3 Å². The first-order chi connectivity index (χ1) is 6.67. The first kappa shape index (κ1) is 10.8. The number of halogens is 1. The van der Waals surface area contributed by atoms with E-state index >= 15 is 0 Å². The summed E-state index contributed by atoms with van der Waals surface area (Å²) in [6, 6.07) is 5.07. The van der Waals surface area contributed by atoms with Crippen LogP contribution in [-0.2, 0) is 4.74 Å². The summed E-state index contributed by atoms with van der Waals surface area (Å²) in [5.41, 5.74) is 1.12. The molecule has 0 atom stereocenters. The van der Waals surface area contributed by atoms with Gasteiger partial charge in [-0.2, -0.15) is 0 Å². The molecule has 14 heavy (non-hydrogen) atoms. The van der Waals surface area contributed by atoms with E-state index in [9.17, 15) is 4.79 Å². The average molecular weight is 253 g/mol. The molecule has 0 heterocycles. The molecule has 0 unspecified atom stereocenters. The lowest BCUT2D eigenvalue weighted by molar-refractivity contribution is 0.0526. The van der Waals surface area contributed by atoms with Gasteiger partial charge in [0.2, 0.25) is 0 Å². The van der Waals surface area contributed by atoms with Gasteiger partial charge in [-0.15, -0.1) is 6.42 Å². The summed E-state index contributed by atoms with van der Waals surface area (Å²) in [5, 5.41) is 0. The van der Waals surface area contributed by atoms with Gasteiger partial charge in [-0.3, -0.25) is 0 Å². The molecule has 3 heteroatoms. The Morgan fingerprint density at radius 1 is 1.57 bits per heavy atom. The summed E-state index contributed by atoms with van der Waals surface area (Å²) < 4.78 is 5.63. The molecule has 0 aliphatic rings. The summed E-state index contributed by atoms with van der Waals surface area (Å²) in [7, 11) is 0. The molecular formula is C11H9BrO2. The number of hydrogen-bond donors (Lipinski definition) is 0. The van der Waals surface area contributed by atoms with Crippen molar-refractivity contribution in [2.24, 2.45) is 0 Å². The monoisotopic (exact) mass is 252 g/mol. The van der Waals surface area contributed by atoms with Gasteiger partial charge in [-0.1, -0.05) is 21.9 Å². The first-order valence-electron chi connectivity index (χ1n) is 4.11. The van der Waals surface area contributed by atoms with Crippen LogP contribution >= 0.6 is 15.9 Å². The number of carbonyl (C=O) groups is 1. The van der Waals surface area contributed by atoms with Gasteiger partial charge in [0.15, 0.2) is 0 Å². The molecule has 0 spiro atoms. The fraction of sp³-hybridized carbons (Fsp3) is 0.182. The summed E-state index contributed by atoms with van der Waals surface area (Å²) in [5.74, 6) is 2.11. The predicted molar refractivity (Wildman–Crippen MR) is 58.0 cm³/mol. The topological polar surface area (TPSA) is 26.3 Å². The lowest BCUT2D eigenvalue weighted by Crippen LogP contribution is -2.04. The van der Waals surface area contributed by atoms with Crippen molar-refractivity contribution in [1.29, 1.82) is 0 Å². The molecule has 0 radical (unpaired) electrons. The zero-order valence-electron chi connectivity index (χ0n) is 7.71. The van der Waals surface area contributed by atoms with Crippen LogP contribution in [0, 0.1) is 12.3 Å². The quantitative estimate of drug-likeness (QED) is 0.598. The van der Waals surface area contributed by atoms with E-state index in [0.717, 1.165) is 4.47 Å². The van der Waals surface area contributed by atoms with Gasteiger partial charge in [0, 0.05) is 10.0 Å². The molecule has 1 aromatic rings. The van der Waals surface area contributed by atoms with Crippen molar-refractivity contribution >= 4 is 21.9 Å². The lowest BCUT2D eigenvalue weighted by Gasteiger charge is -2.02. The molecule has 0 N–H and O–H groups in total. The minimum Gasteiger partial charge on any atom is -0.462 e. The van der Waals surface area contributed by atoms with E-state index in [-0.39, 0.29) is 5.97 Å². The number of carbonyl (C=O) groups excluding carboxylic acids is 1. The van der Waals surface area contributed by atoms with Crippen molar-refractivity contribution in [2.75, 3.05) is 6.61 Å². The maximum absolute atomic E-state index is 11.4. The van der Waals surface area contributed by atoms with Crippen LogP contribution < -0.4 is 0 Å². The Labute approximate surface area is 91.4 Å². The molecule has 1 rings (SSSR count). The fourth-order valence-corrected chi connectivity index (χ4v) is 1.50. The first-order valence-corrected chi connectivity index (χ1v) is 4.91. The van der Waals surface area contributed by atoms with Gasteiger partial charge in [-0.25, -0.2) is 4.79 Å². The average Bonchev–Trinajstić information content (AvgIpc) is 2.17. The van der Waals surface area contributed by atoms with Crippen LogP contribution in [0.5, 0.6) is 0 Å². The highest BCUT2D eigenvalue weighted by molar-refractivity contribution is 9.10. The van der Waals surface area contributed by atoms with Crippen molar-refractivity contribution < 1.29 is 9.53 Å². The fourth-order valence-electron chi connectivity index (χ4n) is 1.01. The van der Waals surface area contributed by atoms with Crippen LogP contribution in [0.1, 0.15) is 22.8 Å². The Bertz CT molecular complexity index is 391. The Balaban J connectivity index is 3.04. The second-order valence-corrected chi connectivity index (χ2v) is 3.51. The Morgan fingerprint density at radius 2 is 2.29 bits per heavy atom. The van der Waals surface area contributed by atoms with E-state index in [1.165, 1.54) is 0 Å². The van der Waals surface area contributed by atoms with Crippen LogP contribution in [0.25, 0.3) is 0 Å². The highest BCUT2D eigenvalue weighted by Crippen LogP contribution is 2.16. The van der Waals surface area contributed by atoms with Crippen molar-refractivity contribution in [2.45, 2.75) is 6.92 Å². The molecule has 0 saturated carbocycles. The second-order valence-electron chi connectivity index (χ2n) is 2.59. The highest BCUT2D eigenvalue weighted by Gasteiger charge is 2.07. The molecule has 0 aliphatic carbocycles. The number of ether oxygens (including phenoxy) is 1. The number of rotatable bonds is 2. The predicted octanol–water partition coefficient (Wildman–Crippen LogP) is 2.61.